The fourth-order valence-electron chi connectivity index (χ4n) is 7.52. The standard InChI is InChI=1S/C30H34N4O2/c31-19-20-3-5-24-26(17-20)32-29-27(24)28(35)23-6-4-22(18-25(23)30(29)9-15-36-16-10-30)34-13-7-21(8-14-34)33-11-1-2-12-33/h3-6,18,20-21,32H,1-2,7-17H2. The van der Waals surface area contributed by atoms with E-state index in [-0.39, 0.29) is 17.1 Å². The summed E-state index contributed by atoms with van der Waals surface area (Å²) < 4.78 is 5.83. The summed E-state index contributed by atoms with van der Waals surface area (Å²) >= 11 is 0. The first-order chi connectivity index (χ1) is 17.7. The molecular weight excluding hydrogens is 448 g/mol. The van der Waals surface area contributed by atoms with Crippen LogP contribution in [-0.2, 0) is 16.6 Å². The van der Waals surface area contributed by atoms with Gasteiger partial charge in [0, 0.05) is 72.4 Å². The first-order valence-electron chi connectivity index (χ1n) is 13.8. The van der Waals surface area contributed by atoms with Crippen LogP contribution in [0.4, 0.5) is 5.69 Å². The van der Waals surface area contributed by atoms with Crippen LogP contribution in [-0.4, -0.2) is 61.1 Å². The van der Waals surface area contributed by atoms with Crippen molar-refractivity contribution in [2.45, 2.75) is 56.4 Å². The van der Waals surface area contributed by atoms with E-state index in [1.165, 1.54) is 50.0 Å². The van der Waals surface area contributed by atoms with Crippen LogP contribution in [0.25, 0.3) is 6.08 Å². The molecule has 0 saturated carbocycles. The normalized spacial score (nSPS) is 25.5. The van der Waals surface area contributed by atoms with Gasteiger partial charge in [0.25, 0.3) is 0 Å². The molecule has 7 rings (SSSR count). The highest BCUT2D eigenvalue weighted by atomic mass is 16.5. The quantitative estimate of drug-likeness (QED) is 0.686. The lowest BCUT2D eigenvalue weighted by atomic mass is 9.64. The highest BCUT2D eigenvalue weighted by molar-refractivity contribution is 6.15. The van der Waals surface area contributed by atoms with Gasteiger partial charge in [0.05, 0.1) is 17.6 Å². The second-order valence-corrected chi connectivity index (χ2v) is 11.3. The molecule has 0 bridgehead atoms. The molecule has 0 amide bonds. The van der Waals surface area contributed by atoms with E-state index >= 15 is 0 Å². The highest BCUT2D eigenvalue weighted by Gasteiger charge is 2.48. The van der Waals surface area contributed by atoms with Gasteiger partial charge in [0.1, 0.15) is 0 Å². The maximum atomic E-state index is 13.9. The molecule has 1 aromatic heterocycles. The molecule has 2 aliphatic carbocycles. The van der Waals surface area contributed by atoms with Crippen LogP contribution < -0.4 is 4.90 Å². The number of fused-ring (bicyclic) bond motifs is 6. The van der Waals surface area contributed by atoms with Gasteiger partial charge < -0.3 is 19.5 Å². The molecule has 1 atom stereocenters. The molecule has 1 unspecified atom stereocenters. The molecule has 3 saturated heterocycles. The topological polar surface area (TPSA) is 72.4 Å². The molecule has 6 nitrogen and oxygen atoms in total. The second kappa shape index (κ2) is 8.61. The van der Waals surface area contributed by atoms with Crippen LogP contribution in [0.3, 0.4) is 0 Å². The summed E-state index contributed by atoms with van der Waals surface area (Å²) in [6.07, 6.45) is 11.5. The highest BCUT2D eigenvalue weighted by Crippen LogP contribution is 2.50. The number of nitrogens with one attached hydrogen (secondary N) is 1. The molecule has 1 spiro atoms. The predicted molar refractivity (Wildman–Crippen MR) is 139 cm³/mol. The Bertz CT molecular complexity index is 1260. The average molecular weight is 483 g/mol. The molecule has 5 aliphatic rings. The maximum Gasteiger partial charge on any atom is 0.195 e. The summed E-state index contributed by atoms with van der Waals surface area (Å²) in [7, 11) is 0. The van der Waals surface area contributed by atoms with Crippen LogP contribution in [0.2, 0.25) is 0 Å². The Labute approximate surface area is 212 Å². The van der Waals surface area contributed by atoms with Crippen molar-refractivity contribution in [3.8, 4) is 6.07 Å². The summed E-state index contributed by atoms with van der Waals surface area (Å²) in [6, 6.07) is 9.68. The van der Waals surface area contributed by atoms with E-state index < -0.39 is 0 Å². The first-order valence-corrected chi connectivity index (χ1v) is 13.8. The third-order valence-corrected chi connectivity index (χ3v) is 9.51. The van der Waals surface area contributed by atoms with Crippen LogP contribution in [0.15, 0.2) is 24.3 Å². The van der Waals surface area contributed by atoms with Gasteiger partial charge in [-0.3, -0.25) is 4.79 Å². The summed E-state index contributed by atoms with van der Waals surface area (Å²) in [5.74, 6) is -0.0234. The van der Waals surface area contributed by atoms with Crippen molar-refractivity contribution in [2.75, 3.05) is 44.3 Å². The minimum Gasteiger partial charge on any atom is -0.381 e. The van der Waals surface area contributed by atoms with Gasteiger partial charge in [0.15, 0.2) is 5.78 Å². The third-order valence-electron chi connectivity index (χ3n) is 9.51. The summed E-state index contributed by atoms with van der Waals surface area (Å²) in [5, 5.41) is 9.48. The number of ether oxygens (including phenoxy) is 1. The number of aromatic nitrogens is 1. The molecule has 3 fully saturated rings. The zero-order chi connectivity index (χ0) is 24.3. The van der Waals surface area contributed by atoms with Gasteiger partial charge in [-0.25, -0.2) is 0 Å². The Morgan fingerprint density at radius 3 is 2.61 bits per heavy atom. The Balaban J connectivity index is 1.26. The summed E-state index contributed by atoms with van der Waals surface area (Å²) in [5.41, 5.74) is 6.92. The van der Waals surface area contributed by atoms with Gasteiger partial charge in [-0.05, 0) is 75.4 Å². The van der Waals surface area contributed by atoms with Crippen LogP contribution in [0.5, 0.6) is 0 Å². The lowest BCUT2D eigenvalue weighted by Crippen LogP contribution is -2.44. The zero-order valence-corrected chi connectivity index (χ0v) is 20.9. The lowest BCUT2D eigenvalue weighted by Gasteiger charge is -2.43. The molecule has 6 heteroatoms. The van der Waals surface area contributed by atoms with Crippen LogP contribution in [0, 0.1) is 17.2 Å². The third kappa shape index (κ3) is 3.33. The van der Waals surface area contributed by atoms with Gasteiger partial charge in [-0.1, -0.05) is 12.2 Å². The SMILES string of the molecule is N#CC1C=Cc2c([nH]c3c2C(=O)c2ccc(N4CCC(N5CCCC5)CC4)cc2C32CCOCC2)C1. The molecular formula is C30H34N4O2. The number of piperidine rings is 1. The largest absolute Gasteiger partial charge is 0.381 e. The van der Waals surface area contributed by atoms with Crippen molar-refractivity contribution < 1.29 is 9.53 Å². The van der Waals surface area contributed by atoms with Gasteiger partial charge in [-0.2, -0.15) is 5.26 Å². The number of rotatable bonds is 2. The number of hydrogen-bond donors (Lipinski definition) is 1. The van der Waals surface area contributed by atoms with Crippen molar-refractivity contribution in [1.82, 2.24) is 9.88 Å². The Kier molecular flexibility index (Phi) is 5.34. The fraction of sp³-hybridized carbons (Fsp3) is 0.533. The lowest BCUT2D eigenvalue weighted by molar-refractivity contribution is 0.0601. The number of H-pyrrole nitrogens is 1. The number of ketones is 1. The number of carbonyl (C=O) groups is 1. The molecule has 3 aliphatic heterocycles. The zero-order valence-electron chi connectivity index (χ0n) is 20.9. The monoisotopic (exact) mass is 482 g/mol. The molecule has 2 aromatic rings. The van der Waals surface area contributed by atoms with Gasteiger partial charge in [-0.15, -0.1) is 0 Å². The van der Waals surface area contributed by atoms with E-state index in [0.717, 1.165) is 60.1 Å². The number of hydrogen-bond acceptors (Lipinski definition) is 5. The number of carbonyl (C=O) groups excluding carboxylic acids is 1. The first kappa shape index (κ1) is 22.3. The van der Waals surface area contributed by atoms with Crippen molar-refractivity contribution in [3.63, 3.8) is 0 Å². The number of anilines is 1. The Morgan fingerprint density at radius 1 is 1.08 bits per heavy atom. The van der Waals surface area contributed by atoms with Crippen molar-refractivity contribution >= 4 is 17.5 Å². The van der Waals surface area contributed by atoms with Gasteiger partial charge >= 0.3 is 0 Å². The van der Waals surface area contributed by atoms with E-state index in [2.05, 4.69) is 39.1 Å². The molecule has 4 heterocycles. The molecule has 36 heavy (non-hydrogen) atoms. The average Bonchev–Trinajstić information content (AvgIpc) is 3.61. The van der Waals surface area contributed by atoms with E-state index in [9.17, 15) is 10.1 Å². The number of nitriles is 1. The van der Waals surface area contributed by atoms with E-state index in [1.54, 1.807) is 0 Å². The van der Waals surface area contributed by atoms with Crippen LogP contribution in [0.1, 0.15) is 77.0 Å². The van der Waals surface area contributed by atoms with Gasteiger partial charge in [0.2, 0.25) is 0 Å². The summed E-state index contributed by atoms with van der Waals surface area (Å²) in [6.45, 7) is 6.07. The molecule has 1 aromatic carbocycles. The summed E-state index contributed by atoms with van der Waals surface area (Å²) in [4.78, 5) is 22.8. The van der Waals surface area contributed by atoms with E-state index in [1.807, 2.05) is 12.2 Å². The molecule has 186 valence electrons. The second-order valence-electron chi connectivity index (χ2n) is 11.3. The Morgan fingerprint density at radius 2 is 1.86 bits per heavy atom. The van der Waals surface area contributed by atoms with Crippen molar-refractivity contribution in [1.29, 1.82) is 5.26 Å². The number of nitrogens with zero attached hydrogens (tertiary/aromatic N) is 3. The maximum absolute atomic E-state index is 13.9. The van der Waals surface area contributed by atoms with E-state index in [4.69, 9.17) is 4.74 Å². The smallest absolute Gasteiger partial charge is 0.195 e. The van der Waals surface area contributed by atoms with Crippen molar-refractivity contribution in [3.05, 3.63) is 57.9 Å². The number of aromatic amines is 1. The Hall–Kier alpha value is -2.88. The van der Waals surface area contributed by atoms with E-state index in [0.29, 0.717) is 19.6 Å². The minimum atomic E-state index is -0.242. The number of allylic oxidation sites excluding steroid dienone is 1. The number of benzene rings is 1. The minimum absolute atomic E-state index is 0.119. The van der Waals surface area contributed by atoms with Crippen LogP contribution >= 0.6 is 0 Å². The predicted octanol–water partition coefficient (Wildman–Crippen LogP) is 4.43. The fourth-order valence-corrected chi connectivity index (χ4v) is 7.52. The molecule has 0 radical (unpaired) electrons. The number of likely N-dealkylation sites (tertiary alicyclic amines) is 1. The van der Waals surface area contributed by atoms with Crippen molar-refractivity contribution in [2.24, 2.45) is 5.92 Å². The molecule has 1 N–H and O–H groups in total.